The van der Waals surface area contributed by atoms with Crippen LogP contribution in [0.2, 0.25) is 0 Å². The van der Waals surface area contributed by atoms with Crippen LogP contribution in [0.25, 0.3) is 10.9 Å². The molecule has 2 aromatic carbocycles. The van der Waals surface area contributed by atoms with Gasteiger partial charge in [0, 0.05) is 30.1 Å². The largest absolute Gasteiger partial charge is 0.497 e. The van der Waals surface area contributed by atoms with E-state index in [4.69, 9.17) is 9.47 Å². The summed E-state index contributed by atoms with van der Waals surface area (Å²) in [5, 5.41) is 1.05. The van der Waals surface area contributed by atoms with E-state index in [2.05, 4.69) is 4.57 Å². The van der Waals surface area contributed by atoms with E-state index in [1.807, 2.05) is 24.4 Å². The molecule has 136 valence electrons. The zero-order valence-corrected chi connectivity index (χ0v) is 15.0. The van der Waals surface area contributed by atoms with Gasteiger partial charge in [-0.2, -0.15) is 0 Å². The van der Waals surface area contributed by atoms with Gasteiger partial charge in [-0.05, 0) is 54.8 Å². The number of hydrogen-bond donors (Lipinski definition) is 0. The molecule has 0 fully saturated rings. The molecule has 0 aliphatic rings. The van der Waals surface area contributed by atoms with Gasteiger partial charge in [0.05, 0.1) is 13.7 Å². The number of fused-ring (bicyclic) bond motifs is 1. The number of aromatic nitrogens is 1. The Hall–Kier alpha value is -2.82. The molecule has 4 nitrogen and oxygen atoms in total. The summed E-state index contributed by atoms with van der Waals surface area (Å²) in [6, 6.07) is 12.4. The average Bonchev–Trinajstić information content (AvgIpc) is 2.99. The minimum Gasteiger partial charge on any atom is -0.497 e. The van der Waals surface area contributed by atoms with Gasteiger partial charge in [0.15, 0.2) is 0 Å². The summed E-state index contributed by atoms with van der Waals surface area (Å²) >= 11 is 0. The van der Waals surface area contributed by atoms with Crippen molar-refractivity contribution >= 4 is 16.9 Å². The maximum Gasteiger partial charge on any atom is 0.306 e. The standard InChI is InChI=1S/C21H22FNO3/c1-3-26-21(24)11-6-16-14-23(13-15-4-7-17(22)8-5-15)20-10-9-18(25-2)12-19(16)20/h4-5,7-10,12,14H,3,6,11,13H2,1-2H3. The van der Waals surface area contributed by atoms with E-state index in [0.29, 0.717) is 26.0 Å². The molecule has 1 heterocycles. The second-order valence-corrected chi connectivity index (χ2v) is 6.10. The highest BCUT2D eigenvalue weighted by Gasteiger charge is 2.12. The number of benzene rings is 2. The van der Waals surface area contributed by atoms with Gasteiger partial charge < -0.3 is 14.0 Å². The van der Waals surface area contributed by atoms with Crippen LogP contribution in [0.3, 0.4) is 0 Å². The smallest absolute Gasteiger partial charge is 0.306 e. The van der Waals surface area contributed by atoms with E-state index >= 15 is 0 Å². The summed E-state index contributed by atoms with van der Waals surface area (Å²) in [7, 11) is 1.63. The summed E-state index contributed by atoms with van der Waals surface area (Å²) < 4.78 is 25.6. The van der Waals surface area contributed by atoms with Crippen LogP contribution < -0.4 is 4.74 Å². The molecular weight excluding hydrogens is 333 g/mol. The minimum atomic E-state index is -0.244. The van der Waals surface area contributed by atoms with Gasteiger partial charge in [0.2, 0.25) is 0 Å². The molecule has 0 N–H and O–H groups in total. The molecule has 0 amide bonds. The lowest BCUT2D eigenvalue weighted by atomic mass is 10.1. The van der Waals surface area contributed by atoms with E-state index in [-0.39, 0.29) is 11.8 Å². The van der Waals surface area contributed by atoms with E-state index < -0.39 is 0 Å². The summed E-state index contributed by atoms with van der Waals surface area (Å²) in [6.07, 6.45) is 2.98. The van der Waals surface area contributed by atoms with Gasteiger partial charge in [-0.15, -0.1) is 0 Å². The van der Waals surface area contributed by atoms with Crippen LogP contribution in [0.1, 0.15) is 24.5 Å². The molecule has 0 aliphatic carbocycles. The number of aryl methyl sites for hydroxylation is 1. The van der Waals surface area contributed by atoms with E-state index in [1.54, 1.807) is 26.2 Å². The monoisotopic (exact) mass is 355 g/mol. The fraction of sp³-hybridized carbons (Fsp3) is 0.286. The number of nitrogens with zero attached hydrogens (tertiary/aromatic N) is 1. The first-order valence-electron chi connectivity index (χ1n) is 8.66. The van der Waals surface area contributed by atoms with Crippen molar-refractivity contribution in [3.63, 3.8) is 0 Å². The summed E-state index contributed by atoms with van der Waals surface area (Å²) in [5.41, 5.74) is 3.12. The average molecular weight is 355 g/mol. The number of halogens is 1. The van der Waals surface area contributed by atoms with Gasteiger partial charge in [0.25, 0.3) is 0 Å². The van der Waals surface area contributed by atoms with Crippen molar-refractivity contribution in [3.05, 3.63) is 65.6 Å². The normalized spacial score (nSPS) is 10.9. The Labute approximate surface area is 152 Å². The molecule has 0 radical (unpaired) electrons. The fourth-order valence-corrected chi connectivity index (χ4v) is 3.06. The maximum atomic E-state index is 13.1. The molecule has 0 spiro atoms. The van der Waals surface area contributed by atoms with Crippen molar-refractivity contribution in [2.45, 2.75) is 26.3 Å². The molecule has 0 atom stereocenters. The van der Waals surface area contributed by atoms with Gasteiger partial charge in [-0.3, -0.25) is 4.79 Å². The van der Waals surface area contributed by atoms with Crippen molar-refractivity contribution in [2.24, 2.45) is 0 Å². The molecule has 0 saturated heterocycles. The van der Waals surface area contributed by atoms with Gasteiger partial charge in [0.1, 0.15) is 11.6 Å². The Bertz CT molecular complexity index is 900. The first-order chi connectivity index (χ1) is 12.6. The Balaban J connectivity index is 1.92. The third-order valence-corrected chi connectivity index (χ3v) is 4.34. The SMILES string of the molecule is CCOC(=O)CCc1cn(Cc2ccc(F)cc2)c2ccc(OC)cc12. The highest BCUT2D eigenvalue weighted by atomic mass is 19.1. The first-order valence-corrected chi connectivity index (χ1v) is 8.66. The maximum absolute atomic E-state index is 13.1. The van der Waals surface area contributed by atoms with Crippen LogP contribution in [0.4, 0.5) is 4.39 Å². The number of rotatable bonds is 7. The lowest BCUT2D eigenvalue weighted by Crippen LogP contribution is -2.05. The highest BCUT2D eigenvalue weighted by molar-refractivity contribution is 5.86. The van der Waals surface area contributed by atoms with Gasteiger partial charge in [-0.25, -0.2) is 4.39 Å². The molecule has 0 bridgehead atoms. The van der Waals surface area contributed by atoms with E-state index in [0.717, 1.165) is 27.8 Å². The molecule has 0 saturated carbocycles. The highest BCUT2D eigenvalue weighted by Crippen LogP contribution is 2.28. The number of carbonyl (C=O) groups excluding carboxylic acids is 1. The zero-order valence-electron chi connectivity index (χ0n) is 15.0. The Kier molecular flexibility index (Phi) is 5.56. The second kappa shape index (κ2) is 8.04. The zero-order chi connectivity index (χ0) is 18.5. The molecule has 26 heavy (non-hydrogen) atoms. The van der Waals surface area contributed by atoms with Crippen molar-refractivity contribution in [2.75, 3.05) is 13.7 Å². The van der Waals surface area contributed by atoms with Crippen molar-refractivity contribution < 1.29 is 18.7 Å². The van der Waals surface area contributed by atoms with Crippen molar-refractivity contribution in [1.29, 1.82) is 0 Å². The molecule has 0 aliphatic heterocycles. The quantitative estimate of drug-likeness (QED) is 0.592. The molecule has 0 unspecified atom stereocenters. The summed E-state index contributed by atoms with van der Waals surface area (Å²) in [6.45, 7) is 2.82. The van der Waals surface area contributed by atoms with Crippen LogP contribution in [0.5, 0.6) is 5.75 Å². The van der Waals surface area contributed by atoms with E-state index in [1.165, 1.54) is 12.1 Å². The van der Waals surface area contributed by atoms with E-state index in [9.17, 15) is 9.18 Å². The topological polar surface area (TPSA) is 40.5 Å². The number of carbonyl (C=O) groups is 1. The van der Waals surface area contributed by atoms with Crippen LogP contribution in [0.15, 0.2) is 48.7 Å². The van der Waals surface area contributed by atoms with Crippen LogP contribution in [-0.2, 0) is 22.5 Å². The van der Waals surface area contributed by atoms with Gasteiger partial charge in [-0.1, -0.05) is 12.1 Å². The first kappa shape index (κ1) is 18.0. The summed E-state index contributed by atoms with van der Waals surface area (Å²) in [5.74, 6) is 0.329. The second-order valence-electron chi connectivity index (χ2n) is 6.10. The number of methoxy groups -OCH3 is 1. The molecule has 5 heteroatoms. The minimum absolute atomic E-state index is 0.199. The van der Waals surface area contributed by atoms with Crippen LogP contribution in [0, 0.1) is 5.82 Å². The predicted molar refractivity (Wildman–Crippen MR) is 98.9 cm³/mol. The van der Waals surface area contributed by atoms with Gasteiger partial charge >= 0.3 is 5.97 Å². The Morgan fingerprint density at radius 1 is 1.15 bits per heavy atom. The lowest BCUT2D eigenvalue weighted by molar-refractivity contribution is -0.143. The van der Waals surface area contributed by atoms with Crippen molar-refractivity contribution in [3.8, 4) is 5.75 Å². The van der Waals surface area contributed by atoms with Crippen LogP contribution >= 0.6 is 0 Å². The number of hydrogen-bond acceptors (Lipinski definition) is 3. The van der Waals surface area contributed by atoms with Crippen molar-refractivity contribution in [1.82, 2.24) is 4.57 Å². The lowest BCUT2D eigenvalue weighted by Gasteiger charge is -2.06. The third kappa shape index (κ3) is 4.04. The number of ether oxygens (including phenoxy) is 2. The summed E-state index contributed by atoms with van der Waals surface area (Å²) in [4.78, 5) is 11.7. The molecule has 3 rings (SSSR count). The fourth-order valence-electron chi connectivity index (χ4n) is 3.06. The molecular formula is C21H22FNO3. The molecule has 3 aromatic rings. The Morgan fingerprint density at radius 3 is 2.62 bits per heavy atom. The molecule has 1 aromatic heterocycles. The Morgan fingerprint density at radius 2 is 1.92 bits per heavy atom. The van der Waals surface area contributed by atoms with Crippen LogP contribution in [-0.4, -0.2) is 24.3 Å². The predicted octanol–water partition coefficient (Wildman–Crippen LogP) is 4.33. The third-order valence-electron chi connectivity index (χ3n) is 4.34. The number of esters is 1.